The molecule has 0 fully saturated rings. The molecule has 0 spiro atoms. The summed E-state index contributed by atoms with van der Waals surface area (Å²) in [6, 6.07) is 0. The maximum absolute atomic E-state index is 4.43. The minimum Gasteiger partial charge on any atom is -0.0953 e. The Bertz CT molecular complexity index is 534. The maximum atomic E-state index is 4.43. The number of rotatable bonds is 7. The number of allylic oxidation sites excluding steroid dienone is 6. The molecule has 172 valence electrons. The zero-order valence-electron chi connectivity index (χ0n) is 23.1. The van der Waals surface area contributed by atoms with E-state index in [0.29, 0.717) is 0 Å². The topological polar surface area (TPSA) is 0 Å². The molecular weight excluding hydrogens is 348 g/mol. The van der Waals surface area contributed by atoms with Crippen LogP contribution in [-0.4, -0.2) is 0 Å². The highest BCUT2D eigenvalue weighted by Gasteiger charge is 2.31. The molecule has 0 aromatic carbocycles. The first-order chi connectivity index (χ1) is 13.0. The van der Waals surface area contributed by atoms with Gasteiger partial charge in [-0.25, -0.2) is 0 Å². The van der Waals surface area contributed by atoms with Gasteiger partial charge < -0.3 is 0 Å². The molecule has 0 N–H and O–H groups in total. The molecular formula is C29H56. The van der Waals surface area contributed by atoms with Gasteiger partial charge in [-0.15, -0.1) is 0 Å². The van der Waals surface area contributed by atoms with E-state index in [1.807, 2.05) is 27.7 Å². The minimum absolute atomic E-state index is 0.0608. The van der Waals surface area contributed by atoms with Crippen LogP contribution in [-0.2, 0) is 0 Å². The molecule has 0 amide bonds. The minimum atomic E-state index is -0.0608. The fraction of sp³-hybridized carbons (Fsp3) is 0.724. The van der Waals surface area contributed by atoms with Gasteiger partial charge in [-0.05, 0) is 33.8 Å². The van der Waals surface area contributed by atoms with Crippen LogP contribution < -0.4 is 0 Å². The second-order valence-electron chi connectivity index (χ2n) is 10.7. The summed E-state index contributed by atoms with van der Waals surface area (Å²) in [5.74, 6) is 0. The summed E-state index contributed by atoms with van der Waals surface area (Å²) in [5.41, 5.74) is 4.17. The summed E-state index contributed by atoms with van der Waals surface area (Å²) in [6.07, 6.45) is 9.11. The van der Waals surface area contributed by atoms with Crippen molar-refractivity contribution in [2.45, 2.75) is 117 Å². The van der Waals surface area contributed by atoms with Crippen LogP contribution in [0.25, 0.3) is 0 Å². The second-order valence-corrected chi connectivity index (χ2v) is 10.7. The summed E-state index contributed by atoms with van der Waals surface area (Å²) < 4.78 is 0. The Balaban J connectivity index is -0.00000158. The van der Waals surface area contributed by atoms with Crippen LogP contribution in [0.1, 0.15) is 117 Å². The molecule has 0 rings (SSSR count). The molecule has 0 aliphatic heterocycles. The lowest BCUT2D eigenvalue weighted by Crippen LogP contribution is -2.27. The van der Waals surface area contributed by atoms with Crippen LogP contribution in [0.5, 0.6) is 0 Å². The molecule has 0 aliphatic rings. The highest BCUT2D eigenvalue weighted by atomic mass is 14.4. The molecule has 0 radical (unpaired) electrons. The Labute approximate surface area is 186 Å². The van der Waals surface area contributed by atoms with E-state index >= 15 is 0 Å². The van der Waals surface area contributed by atoms with E-state index in [0.717, 1.165) is 12.8 Å². The normalized spacial score (nSPS) is 13.3. The zero-order chi connectivity index (χ0) is 24.3. The van der Waals surface area contributed by atoms with E-state index in [9.17, 15) is 0 Å². The molecule has 0 heteroatoms. The highest BCUT2D eigenvalue weighted by Crippen LogP contribution is 2.42. The van der Waals surface area contributed by atoms with Crippen molar-refractivity contribution >= 4 is 0 Å². The average molecular weight is 405 g/mol. The predicted octanol–water partition coefficient (Wildman–Crippen LogP) is 10.6. The van der Waals surface area contributed by atoms with E-state index < -0.39 is 0 Å². The molecule has 0 unspecified atom stereocenters. The monoisotopic (exact) mass is 404 g/mol. The third kappa shape index (κ3) is 11.1. The lowest BCUT2D eigenvalue weighted by molar-refractivity contribution is 0.192. The van der Waals surface area contributed by atoms with Crippen LogP contribution in [0, 0.1) is 21.7 Å². The first kappa shape index (κ1) is 32.6. The zero-order valence-corrected chi connectivity index (χ0v) is 23.1. The third-order valence-electron chi connectivity index (χ3n) is 6.07. The molecule has 0 saturated heterocycles. The largest absolute Gasteiger partial charge is 0.0953 e. The van der Waals surface area contributed by atoms with Crippen molar-refractivity contribution < 1.29 is 0 Å². The molecule has 0 aromatic rings. The third-order valence-corrected chi connectivity index (χ3v) is 6.07. The Morgan fingerprint density at radius 1 is 0.724 bits per heavy atom. The highest BCUT2D eigenvalue weighted by molar-refractivity contribution is 5.38. The van der Waals surface area contributed by atoms with Crippen LogP contribution in [0.15, 0.2) is 48.1 Å². The molecule has 29 heavy (non-hydrogen) atoms. The summed E-state index contributed by atoms with van der Waals surface area (Å²) in [5, 5.41) is 0. The van der Waals surface area contributed by atoms with Gasteiger partial charge in [-0.2, -0.15) is 0 Å². The van der Waals surface area contributed by atoms with E-state index in [1.54, 1.807) is 0 Å². The van der Waals surface area contributed by atoms with Crippen molar-refractivity contribution in [2.75, 3.05) is 0 Å². The smallest absolute Gasteiger partial charge is 0.0102 e. The Hall–Kier alpha value is -1.04. The Morgan fingerprint density at radius 2 is 1.14 bits per heavy atom. The first-order valence-electron chi connectivity index (χ1n) is 11.8. The van der Waals surface area contributed by atoms with Crippen molar-refractivity contribution in [1.29, 1.82) is 0 Å². The summed E-state index contributed by atoms with van der Waals surface area (Å²) in [4.78, 5) is 0. The number of hydrogen-bond donors (Lipinski definition) is 0. The van der Waals surface area contributed by atoms with Crippen LogP contribution in [0.2, 0.25) is 0 Å². The van der Waals surface area contributed by atoms with Crippen LogP contribution in [0.4, 0.5) is 0 Å². The van der Waals surface area contributed by atoms with Crippen LogP contribution in [0.3, 0.4) is 0 Å². The van der Waals surface area contributed by atoms with E-state index in [1.165, 1.54) is 16.7 Å². The molecule has 0 heterocycles. The fourth-order valence-corrected chi connectivity index (χ4v) is 2.23. The summed E-state index contributed by atoms with van der Waals surface area (Å²) in [7, 11) is 0. The van der Waals surface area contributed by atoms with E-state index in [-0.39, 0.29) is 21.7 Å². The van der Waals surface area contributed by atoms with Gasteiger partial charge in [0.2, 0.25) is 0 Å². The van der Waals surface area contributed by atoms with Gasteiger partial charge in [0.15, 0.2) is 0 Å². The van der Waals surface area contributed by atoms with Gasteiger partial charge >= 0.3 is 0 Å². The van der Waals surface area contributed by atoms with Gasteiger partial charge in [-0.1, -0.05) is 147 Å². The molecule has 0 atom stereocenters. The molecule has 0 nitrogen and oxygen atoms in total. The van der Waals surface area contributed by atoms with E-state index in [2.05, 4.69) is 108 Å². The average Bonchev–Trinajstić information content (AvgIpc) is 2.60. The molecule has 0 saturated carbocycles. The predicted molar refractivity (Wildman–Crippen MR) is 140 cm³/mol. The van der Waals surface area contributed by atoms with Crippen molar-refractivity contribution in [3.8, 4) is 0 Å². The molecule has 0 aromatic heterocycles. The van der Waals surface area contributed by atoms with Crippen LogP contribution >= 0.6 is 0 Å². The first-order valence-corrected chi connectivity index (χ1v) is 11.8. The summed E-state index contributed by atoms with van der Waals surface area (Å²) in [6.45, 7) is 41.7. The van der Waals surface area contributed by atoms with Gasteiger partial charge in [-0.3, -0.25) is 0 Å². The molecule has 0 aliphatic carbocycles. The Morgan fingerprint density at radius 3 is 1.45 bits per heavy atom. The SMILES string of the molecule is C=C(/C=C(/CCC)C(C)(C)C(=C)/C=C\C(C)(C)C(C)(C)C)C(C)(C)C.CC.CC. The van der Waals surface area contributed by atoms with Crippen molar-refractivity contribution in [3.63, 3.8) is 0 Å². The van der Waals surface area contributed by atoms with Gasteiger partial charge in [0.05, 0.1) is 0 Å². The lowest BCUT2D eigenvalue weighted by Gasteiger charge is -2.37. The molecule has 0 bridgehead atoms. The van der Waals surface area contributed by atoms with Gasteiger partial charge in [0.25, 0.3) is 0 Å². The maximum Gasteiger partial charge on any atom is 0.0102 e. The number of hydrogen-bond acceptors (Lipinski definition) is 0. The summed E-state index contributed by atoms with van der Waals surface area (Å²) >= 11 is 0. The second kappa shape index (κ2) is 13.3. The Kier molecular flexibility index (Phi) is 15.0. The van der Waals surface area contributed by atoms with Gasteiger partial charge in [0.1, 0.15) is 0 Å². The standard InChI is InChI=1S/C25H44.2C2H6/c1-14-15-21(18-20(3)22(4,5)6)25(12,13)19(2)16-17-24(10,11)23(7,8)9;2*1-2/h16-18H,2-3,14-15H2,1,4-13H3;2*1-2H3/b17-16-,21-18-;;. The quantitative estimate of drug-likeness (QED) is 0.370. The van der Waals surface area contributed by atoms with Gasteiger partial charge in [0, 0.05) is 5.41 Å². The van der Waals surface area contributed by atoms with Crippen molar-refractivity contribution in [3.05, 3.63) is 48.1 Å². The van der Waals surface area contributed by atoms with E-state index in [4.69, 9.17) is 0 Å². The van der Waals surface area contributed by atoms with Crippen molar-refractivity contribution in [1.82, 2.24) is 0 Å². The lowest BCUT2D eigenvalue weighted by atomic mass is 9.68. The van der Waals surface area contributed by atoms with Crippen molar-refractivity contribution in [2.24, 2.45) is 21.7 Å². The fourth-order valence-electron chi connectivity index (χ4n) is 2.23.